The number of nitrogens with two attached hydrogens (primary N) is 1. The zero-order chi connectivity index (χ0) is 14.7. The first kappa shape index (κ1) is 14.0. The minimum absolute atomic E-state index is 0.00445. The van der Waals surface area contributed by atoms with Crippen LogP contribution in [0.5, 0.6) is 11.5 Å². The van der Waals surface area contributed by atoms with Crippen LogP contribution in [0, 0.1) is 0 Å². The van der Waals surface area contributed by atoms with E-state index in [1.807, 2.05) is 36.4 Å². The Morgan fingerprint density at radius 2 is 1.76 bits per heavy atom. The van der Waals surface area contributed by atoms with Crippen LogP contribution in [-0.4, -0.2) is 12.7 Å². The summed E-state index contributed by atoms with van der Waals surface area (Å²) < 4.78 is 11.6. The maximum absolute atomic E-state index is 6.28. The molecule has 2 atom stereocenters. The van der Waals surface area contributed by atoms with E-state index in [0.717, 1.165) is 30.9 Å². The van der Waals surface area contributed by atoms with Gasteiger partial charge in [-0.15, -0.1) is 0 Å². The molecule has 0 fully saturated rings. The van der Waals surface area contributed by atoms with E-state index in [9.17, 15) is 0 Å². The van der Waals surface area contributed by atoms with E-state index in [1.165, 1.54) is 11.1 Å². The quantitative estimate of drug-likeness (QED) is 0.913. The highest BCUT2D eigenvalue weighted by Gasteiger charge is 2.30. The zero-order valence-corrected chi connectivity index (χ0v) is 12.3. The first-order valence-electron chi connectivity index (χ1n) is 7.51. The van der Waals surface area contributed by atoms with Crippen molar-refractivity contribution < 1.29 is 9.47 Å². The van der Waals surface area contributed by atoms with Gasteiger partial charge in [0, 0.05) is 6.42 Å². The highest BCUT2D eigenvalue weighted by Crippen LogP contribution is 2.32. The summed E-state index contributed by atoms with van der Waals surface area (Å²) in [6, 6.07) is 16.0. The minimum atomic E-state index is -0.0581. The van der Waals surface area contributed by atoms with Gasteiger partial charge in [-0.25, -0.2) is 0 Å². The van der Waals surface area contributed by atoms with Crippen LogP contribution in [0.15, 0.2) is 48.5 Å². The van der Waals surface area contributed by atoms with E-state index in [2.05, 4.69) is 19.1 Å². The first-order chi connectivity index (χ1) is 10.3. The van der Waals surface area contributed by atoms with E-state index in [1.54, 1.807) is 0 Å². The SMILES string of the molecule is CCCOc1ccc(OC2Cc3ccccc3C2N)cc1. The molecule has 3 nitrogen and oxygen atoms in total. The standard InChI is InChI=1S/C18H21NO2/c1-2-11-20-14-7-9-15(10-8-14)21-17-12-13-5-3-4-6-16(13)18(17)19/h3-10,17-18H,2,11-12,19H2,1H3. The lowest BCUT2D eigenvalue weighted by molar-refractivity contribution is 0.185. The maximum atomic E-state index is 6.28. The van der Waals surface area contributed by atoms with Crippen LogP contribution >= 0.6 is 0 Å². The van der Waals surface area contributed by atoms with E-state index in [-0.39, 0.29) is 12.1 Å². The normalized spacial score (nSPS) is 20.1. The summed E-state index contributed by atoms with van der Waals surface area (Å²) in [5.74, 6) is 1.72. The van der Waals surface area contributed by atoms with Crippen LogP contribution in [0.25, 0.3) is 0 Å². The molecular weight excluding hydrogens is 262 g/mol. The van der Waals surface area contributed by atoms with Gasteiger partial charge in [0.2, 0.25) is 0 Å². The summed E-state index contributed by atoms with van der Waals surface area (Å²) in [6.07, 6.45) is 1.88. The molecule has 1 aliphatic carbocycles. The van der Waals surface area contributed by atoms with Crippen molar-refractivity contribution in [1.29, 1.82) is 0 Å². The lowest BCUT2D eigenvalue weighted by Gasteiger charge is -2.18. The van der Waals surface area contributed by atoms with Gasteiger partial charge in [-0.3, -0.25) is 0 Å². The molecule has 110 valence electrons. The Balaban J connectivity index is 1.65. The molecule has 1 aliphatic rings. The summed E-state index contributed by atoms with van der Waals surface area (Å²) in [5.41, 5.74) is 8.77. The van der Waals surface area contributed by atoms with Crippen molar-refractivity contribution in [2.24, 2.45) is 5.73 Å². The van der Waals surface area contributed by atoms with Gasteiger partial charge in [0.15, 0.2) is 0 Å². The second kappa shape index (κ2) is 6.19. The lowest BCUT2D eigenvalue weighted by atomic mass is 10.1. The Kier molecular flexibility index (Phi) is 4.11. The van der Waals surface area contributed by atoms with E-state index >= 15 is 0 Å². The number of rotatable bonds is 5. The van der Waals surface area contributed by atoms with Crippen molar-refractivity contribution in [3.05, 3.63) is 59.7 Å². The fraction of sp³-hybridized carbons (Fsp3) is 0.333. The van der Waals surface area contributed by atoms with Crippen molar-refractivity contribution >= 4 is 0 Å². The van der Waals surface area contributed by atoms with Crippen LogP contribution in [0.4, 0.5) is 0 Å². The molecule has 0 aromatic heterocycles. The molecule has 0 heterocycles. The van der Waals surface area contributed by atoms with Gasteiger partial charge in [-0.2, -0.15) is 0 Å². The molecule has 0 spiro atoms. The second-order valence-electron chi connectivity index (χ2n) is 5.40. The number of benzene rings is 2. The molecule has 0 radical (unpaired) electrons. The lowest BCUT2D eigenvalue weighted by Crippen LogP contribution is -2.27. The summed E-state index contributed by atoms with van der Waals surface area (Å²) in [5, 5.41) is 0. The van der Waals surface area contributed by atoms with Gasteiger partial charge in [0.05, 0.1) is 12.6 Å². The predicted molar refractivity (Wildman–Crippen MR) is 83.7 cm³/mol. The van der Waals surface area contributed by atoms with Gasteiger partial charge < -0.3 is 15.2 Å². The fourth-order valence-electron chi connectivity index (χ4n) is 2.71. The Labute approximate surface area is 125 Å². The van der Waals surface area contributed by atoms with Crippen molar-refractivity contribution in [2.45, 2.75) is 31.9 Å². The van der Waals surface area contributed by atoms with Crippen molar-refractivity contribution in [2.75, 3.05) is 6.61 Å². The van der Waals surface area contributed by atoms with Crippen LogP contribution in [-0.2, 0) is 6.42 Å². The predicted octanol–water partition coefficient (Wildman–Crippen LogP) is 3.48. The molecule has 21 heavy (non-hydrogen) atoms. The van der Waals surface area contributed by atoms with Crippen LogP contribution < -0.4 is 15.2 Å². The highest BCUT2D eigenvalue weighted by atomic mass is 16.5. The molecule has 0 aliphatic heterocycles. The summed E-state index contributed by atoms with van der Waals surface area (Å²) in [4.78, 5) is 0. The van der Waals surface area contributed by atoms with Gasteiger partial charge in [0.1, 0.15) is 17.6 Å². The van der Waals surface area contributed by atoms with Crippen LogP contribution in [0.2, 0.25) is 0 Å². The van der Waals surface area contributed by atoms with Crippen LogP contribution in [0.3, 0.4) is 0 Å². The Hall–Kier alpha value is -2.00. The average molecular weight is 283 g/mol. The fourth-order valence-corrected chi connectivity index (χ4v) is 2.71. The number of hydrogen-bond acceptors (Lipinski definition) is 3. The third-order valence-corrected chi connectivity index (χ3v) is 3.82. The number of hydrogen-bond donors (Lipinski definition) is 1. The number of fused-ring (bicyclic) bond motifs is 1. The number of ether oxygens (including phenoxy) is 2. The summed E-state index contributed by atoms with van der Waals surface area (Å²) in [6.45, 7) is 2.83. The van der Waals surface area contributed by atoms with Crippen LogP contribution in [0.1, 0.15) is 30.5 Å². The van der Waals surface area contributed by atoms with Crippen molar-refractivity contribution in [3.8, 4) is 11.5 Å². The molecule has 2 aromatic rings. The van der Waals surface area contributed by atoms with E-state index < -0.39 is 0 Å². The van der Waals surface area contributed by atoms with E-state index in [4.69, 9.17) is 15.2 Å². The Morgan fingerprint density at radius 1 is 1.05 bits per heavy atom. The first-order valence-corrected chi connectivity index (χ1v) is 7.51. The smallest absolute Gasteiger partial charge is 0.122 e. The zero-order valence-electron chi connectivity index (χ0n) is 12.3. The molecule has 3 heteroatoms. The van der Waals surface area contributed by atoms with Crippen molar-refractivity contribution in [1.82, 2.24) is 0 Å². The molecule has 2 unspecified atom stereocenters. The third kappa shape index (κ3) is 3.03. The highest BCUT2D eigenvalue weighted by molar-refractivity contribution is 5.37. The largest absolute Gasteiger partial charge is 0.494 e. The molecular formula is C18H21NO2. The molecule has 3 rings (SSSR count). The Morgan fingerprint density at radius 3 is 2.48 bits per heavy atom. The summed E-state index contributed by atoms with van der Waals surface area (Å²) in [7, 11) is 0. The maximum Gasteiger partial charge on any atom is 0.122 e. The Bertz CT molecular complexity index is 594. The molecule has 0 amide bonds. The molecule has 0 saturated heterocycles. The van der Waals surface area contributed by atoms with Gasteiger partial charge in [0.25, 0.3) is 0 Å². The minimum Gasteiger partial charge on any atom is -0.494 e. The van der Waals surface area contributed by atoms with Gasteiger partial charge >= 0.3 is 0 Å². The average Bonchev–Trinajstić information content (AvgIpc) is 2.83. The van der Waals surface area contributed by atoms with Gasteiger partial charge in [-0.1, -0.05) is 31.2 Å². The van der Waals surface area contributed by atoms with Crippen molar-refractivity contribution in [3.63, 3.8) is 0 Å². The third-order valence-electron chi connectivity index (χ3n) is 3.82. The molecule has 0 bridgehead atoms. The topological polar surface area (TPSA) is 44.5 Å². The van der Waals surface area contributed by atoms with E-state index in [0.29, 0.717) is 0 Å². The molecule has 2 aromatic carbocycles. The van der Waals surface area contributed by atoms with Gasteiger partial charge in [-0.05, 0) is 41.8 Å². The summed E-state index contributed by atoms with van der Waals surface area (Å²) >= 11 is 0. The molecule has 2 N–H and O–H groups in total. The second-order valence-corrected chi connectivity index (χ2v) is 5.40. The molecule has 0 saturated carbocycles. The monoisotopic (exact) mass is 283 g/mol.